The number of likely N-dealkylation sites (tertiary alicyclic amines) is 1. The van der Waals surface area contributed by atoms with E-state index in [2.05, 4.69) is 13.9 Å². The Bertz CT molecular complexity index is 641. The standard InChI is InChI=1S/C20H28F2N2O3S/c1-25-17-6-9-23(13-17)15-12-20(26-14-15)7-10-24(11-8-20)28-18-4-2-16(3-5-18)27-19(21)22/h2-5,15,17,19H,6-14H2,1H3. The number of halogens is 2. The van der Waals surface area contributed by atoms with Crippen molar-refractivity contribution >= 4 is 11.9 Å². The van der Waals surface area contributed by atoms with E-state index in [9.17, 15) is 8.78 Å². The van der Waals surface area contributed by atoms with Crippen LogP contribution in [0.25, 0.3) is 0 Å². The summed E-state index contributed by atoms with van der Waals surface area (Å²) in [6.07, 6.45) is 4.66. The van der Waals surface area contributed by atoms with Gasteiger partial charge in [-0.1, -0.05) is 0 Å². The molecule has 0 amide bonds. The summed E-state index contributed by atoms with van der Waals surface area (Å²) in [6.45, 7) is 2.10. The third-order valence-electron chi connectivity index (χ3n) is 6.13. The number of benzene rings is 1. The molecule has 3 fully saturated rings. The summed E-state index contributed by atoms with van der Waals surface area (Å²) in [4.78, 5) is 3.57. The maximum atomic E-state index is 12.2. The molecule has 4 rings (SSSR count). The van der Waals surface area contributed by atoms with Crippen LogP contribution in [-0.4, -0.2) is 73.5 Å². The molecule has 3 aliphatic heterocycles. The van der Waals surface area contributed by atoms with E-state index < -0.39 is 6.61 Å². The van der Waals surface area contributed by atoms with E-state index in [1.165, 1.54) is 0 Å². The predicted molar refractivity (Wildman–Crippen MR) is 104 cm³/mol. The lowest BCUT2D eigenvalue weighted by Gasteiger charge is -2.38. The molecule has 2 unspecified atom stereocenters. The van der Waals surface area contributed by atoms with E-state index in [4.69, 9.17) is 9.47 Å². The topological polar surface area (TPSA) is 34.2 Å². The van der Waals surface area contributed by atoms with Crippen LogP contribution in [0, 0.1) is 0 Å². The smallest absolute Gasteiger partial charge is 0.387 e. The Morgan fingerprint density at radius 2 is 1.93 bits per heavy atom. The van der Waals surface area contributed by atoms with Gasteiger partial charge in [-0.25, -0.2) is 4.31 Å². The summed E-state index contributed by atoms with van der Waals surface area (Å²) < 4.78 is 43.0. The molecule has 3 aliphatic rings. The normalized spacial score (nSPS) is 28.4. The predicted octanol–water partition coefficient (Wildman–Crippen LogP) is 3.64. The number of methoxy groups -OCH3 is 1. The third kappa shape index (κ3) is 4.79. The fourth-order valence-corrected chi connectivity index (χ4v) is 5.42. The highest BCUT2D eigenvalue weighted by Crippen LogP contribution is 2.40. The van der Waals surface area contributed by atoms with Crippen molar-refractivity contribution in [3.8, 4) is 5.75 Å². The second kappa shape index (κ2) is 8.83. The molecule has 3 saturated heterocycles. The number of ether oxygens (including phenoxy) is 3. The van der Waals surface area contributed by atoms with Gasteiger partial charge in [-0.15, -0.1) is 0 Å². The Hall–Kier alpha value is -0.930. The first-order chi connectivity index (χ1) is 13.5. The van der Waals surface area contributed by atoms with Crippen molar-refractivity contribution in [2.45, 2.75) is 54.9 Å². The summed E-state index contributed by atoms with van der Waals surface area (Å²) in [5, 5.41) is 0. The molecular weight excluding hydrogens is 386 g/mol. The lowest BCUT2D eigenvalue weighted by Crippen LogP contribution is -2.42. The van der Waals surface area contributed by atoms with Crippen LogP contribution < -0.4 is 4.74 Å². The van der Waals surface area contributed by atoms with Crippen LogP contribution in [-0.2, 0) is 9.47 Å². The van der Waals surface area contributed by atoms with Crippen LogP contribution >= 0.6 is 11.9 Å². The first-order valence-electron chi connectivity index (χ1n) is 9.94. The van der Waals surface area contributed by atoms with Gasteiger partial charge in [0.25, 0.3) is 0 Å². The van der Waals surface area contributed by atoms with Crippen molar-refractivity contribution in [2.75, 3.05) is 39.9 Å². The molecular formula is C20H28F2N2O3S. The van der Waals surface area contributed by atoms with E-state index >= 15 is 0 Å². The zero-order chi connectivity index (χ0) is 19.6. The van der Waals surface area contributed by atoms with Gasteiger partial charge >= 0.3 is 6.61 Å². The average Bonchev–Trinajstić information content (AvgIpc) is 3.32. The van der Waals surface area contributed by atoms with E-state index in [1.54, 1.807) is 31.2 Å². The first-order valence-corrected chi connectivity index (χ1v) is 10.7. The molecule has 3 heterocycles. The summed E-state index contributed by atoms with van der Waals surface area (Å²) >= 11 is 1.67. The van der Waals surface area contributed by atoms with E-state index in [0.29, 0.717) is 12.1 Å². The quantitative estimate of drug-likeness (QED) is 0.662. The van der Waals surface area contributed by atoms with Crippen LogP contribution in [0.2, 0.25) is 0 Å². The lowest BCUT2D eigenvalue weighted by atomic mass is 9.88. The van der Waals surface area contributed by atoms with Crippen molar-refractivity contribution in [3.63, 3.8) is 0 Å². The Morgan fingerprint density at radius 3 is 2.57 bits per heavy atom. The molecule has 1 aromatic rings. The van der Waals surface area contributed by atoms with Crippen LogP contribution in [0.4, 0.5) is 8.78 Å². The molecule has 28 heavy (non-hydrogen) atoms. The summed E-state index contributed by atoms with van der Waals surface area (Å²) in [5.41, 5.74) is 0.0157. The zero-order valence-corrected chi connectivity index (χ0v) is 17.0. The van der Waals surface area contributed by atoms with Crippen LogP contribution in [0.1, 0.15) is 25.7 Å². The van der Waals surface area contributed by atoms with Gasteiger partial charge in [-0.05, 0) is 61.9 Å². The molecule has 1 spiro atoms. The van der Waals surface area contributed by atoms with Crippen molar-refractivity contribution in [2.24, 2.45) is 0 Å². The SMILES string of the molecule is COC1CCN(C2COC3(CCN(Sc4ccc(OC(F)F)cc4)CC3)C2)C1. The fraction of sp³-hybridized carbons (Fsp3) is 0.700. The van der Waals surface area contributed by atoms with Crippen molar-refractivity contribution < 1.29 is 23.0 Å². The zero-order valence-electron chi connectivity index (χ0n) is 16.2. The van der Waals surface area contributed by atoms with Gasteiger partial charge in [-0.3, -0.25) is 4.90 Å². The first kappa shape index (κ1) is 20.3. The van der Waals surface area contributed by atoms with Gasteiger partial charge in [0, 0.05) is 44.2 Å². The number of alkyl halides is 2. The Labute approximate surface area is 169 Å². The largest absolute Gasteiger partial charge is 0.435 e. The van der Waals surface area contributed by atoms with Crippen LogP contribution in [0.5, 0.6) is 5.75 Å². The summed E-state index contributed by atoms with van der Waals surface area (Å²) in [7, 11) is 1.80. The molecule has 8 heteroatoms. The van der Waals surface area contributed by atoms with Gasteiger partial charge in [0.2, 0.25) is 0 Å². The minimum atomic E-state index is -2.78. The van der Waals surface area contributed by atoms with E-state index in [0.717, 1.165) is 63.4 Å². The Morgan fingerprint density at radius 1 is 1.18 bits per heavy atom. The maximum Gasteiger partial charge on any atom is 0.387 e. The molecule has 0 N–H and O–H groups in total. The molecule has 0 radical (unpaired) electrons. The average molecular weight is 415 g/mol. The van der Waals surface area contributed by atoms with Crippen LogP contribution in [0.3, 0.4) is 0 Å². The fourth-order valence-electron chi connectivity index (χ4n) is 4.50. The number of hydrogen-bond acceptors (Lipinski definition) is 6. The van der Waals surface area contributed by atoms with Crippen molar-refractivity contribution in [1.29, 1.82) is 0 Å². The van der Waals surface area contributed by atoms with E-state index in [-0.39, 0.29) is 11.4 Å². The highest BCUT2D eigenvalue weighted by atomic mass is 32.2. The second-order valence-corrected chi connectivity index (χ2v) is 9.03. The number of nitrogens with zero attached hydrogens (tertiary/aromatic N) is 2. The summed E-state index contributed by atoms with van der Waals surface area (Å²) in [6, 6.07) is 7.35. The maximum absolute atomic E-state index is 12.2. The lowest BCUT2D eigenvalue weighted by molar-refractivity contribution is -0.0498. The van der Waals surface area contributed by atoms with E-state index in [1.807, 2.05) is 12.1 Å². The molecule has 0 bridgehead atoms. The molecule has 5 nitrogen and oxygen atoms in total. The second-order valence-electron chi connectivity index (χ2n) is 7.86. The highest BCUT2D eigenvalue weighted by molar-refractivity contribution is 7.97. The van der Waals surface area contributed by atoms with Crippen molar-refractivity contribution in [1.82, 2.24) is 9.21 Å². The summed E-state index contributed by atoms with van der Waals surface area (Å²) in [5.74, 6) is 0.194. The Balaban J connectivity index is 1.24. The van der Waals surface area contributed by atoms with Gasteiger partial charge in [0.05, 0.1) is 18.3 Å². The molecule has 0 aromatic heterocycles. The molecule has 2 atom stereocenters. The highest BCUT2D eigenvalue weighted by Gasteiger charge is 2.45. The number of rotatable bonds is 6. The van der Waals surface area contributed by atoms with Gasteiger partial charge in [0.1, 0.15) is 5.75 Å². The molecule has 0 aliphatic carbocycles. The molecule has 0 saturated carbocycles. The van der Waals surface area contributed by atoms with Gasteiger partial charge < -0.3 is 14.2 Å². The van der Waals surface area contributed by atoms with Crippen molar-refractivity contribution in [3.05, 3.63) is 24.3 Å². The van der Waals surface area contributed by atoms with Crippen LogP contribution in [0.15, 0.2) is 29.2 Å². The minimum absolute atomic E-state index is 0.0157. The number of hydrogen-bond donors (Lipinski definition) is 0. The molecule has 156 valence electrons. The third-order valence-corrected chi connectivity index (χ3v) is 7.24. The number of piperidine rings is 1. The minimum Gasteiger partial charge on any atom is -0.435 e. The van der Waals surface area contributed by atoms with Gasteiger partial charge in [-0.2, -0.15) is 8.78 Å². The van der Waals surface area contributed by atoms with Gasteiger partial charge in [0.15, 0.2) is 0 Å². The molecule has 1 aromatic carbocycles. The Kier molecular flexibility index (Phi) is 6.42. The monoisotopic (exact) mass is 414 g/mol.